The topological polar surface area (TPSA) is 103 Å². The number of likely N-dealkylation sites (tertiary alicyclic amines) is 1. The quantitative estimate of drug-likeness (QED) is 0.646. The summed E-state index contributed by atoms with van der Waals surface area (Å²) in [6, 6.07) is 8.80. The lowest BCUT2D eigenvalue weighted by molar-refractivity contribution is -0.138. The summed E-state index contributed by atoms with van der Waals surface area (Å²) in [7, 11) is 1.60. The molecule has 0 radical (unpaired) electrons. The third-order valence-corrected chi connectivity index (χ3v) is 4.21. The van der Waals surface area contributed by atoms with E-state index in [0.717, 1.165) is 5.75 Å². The van der Waals surface area contributed by atoms with Gasteiger partial charge >= 0.3 is 0 Å². The third kappa shape index (κ3) is 3.71. The first-order valence-corrected chi connectivity index (χ1v) is 8.38. The highest BCUT2D eigenvalue weighted by Gasteiger charge is 2.35. The lowest BCUT2D eigenvalue weighted by atomic mass is 10.0. The Balaban J connectivity index is 1.27. The van der Waals surface area contributed by atoms with Crippen LogP contribution in [0.15, 0.2) is 47.2 Å². The summed E-state index contributed by atoms with van der Waals surface area (Å²) in [5.41, 5.74) is 0. The van der Waals surface area contributed by atoms with Crippen molar-refractivity contribution < 1.29 is 18.8 Å². The molecule has 0 unspecified atom stereocenters. The van der Waals surface area contributed by atoms with Crippen molar-refractivity contribution in [2.75, 3.05) is 26.8 Å². The Hall–Kier alpha value is -3.49. The zero-order chi connectivity index (χ0) is 18.6. The molecular formula is C18H17N5O4. The molecule has 9 heteroatoms. The average molecular weight is 367 g/mol. The fraction of sp³-hybridized carbons (Fsp3) is 0.278. The molecule has 1 amide bonds. The van der Waals surface area contributed by atoms with Gasteiger partial charge in [-0.15, -0.1) is 0 Å². The van der Waals surface area contributed by atoms with E-state index in [1.54, 1.807) is 54.7 Å². The Kier molecular flexibility index (Phi) is 4.65. The van der Waals surface area contributed by atoms with Gasteiger partial charge in [0.25, 0.3) is 5.91 Å². The molecule has 138 valence electrons. The van der Waals surface area contributed by atoms with Gasteiger partial charge in [-0.2, -0.15) is 4.98 Å². The van der Waals surface area contributed by atoms with Gasteiger partial charge in [0.1, 0.15) is 11.5 Å². The third-order valence-electron chi connectivity index (χ3n) is 4.21. The molecule has 9 nitrogen and oxygen atoms in total. The summed E-state index contributed by atoms with van der Waals surface area (Å²) >= 11 is 0. The van der Waals surface area contributed by atoms with E-state index >= 15 is 0 Å². The van der Waals surface area contributed by atoms with E-state index in [1.807, 2.05) is 0 Å². The molecule has 1 aliphatic rings. The van der Waals surface area contributed by atoms with E-state index in [2.05, 4.69) is 20.1 Å². The average Bonchev–Trinajstić information content (AvgIpc) is 3.16. The number of hydrogen-bond acceptors (Lipinski definition) is 8. The fourth-order valence-electron chi connectivity index (χ4n) is 2.65. The second kappa shape index (κ2) is 7.40. The lowest BCUT2D eigenvalue weighted by Gasteiger charge is -2.36. The maximum absolute atomic E-state index is 12.2. The number of aromatic nitrogens is 4. The van der Waals surface area contributed by atoms with Crippen molar-refractivity contribution in [1.29, 1.82) is 0 Å². The Morgan fingerprint density at radius 3 is 2.56 bits per heavy atom. The van der Waals surface area contributed by atoms with Gasteiger partial charge in [-0.3, -0.25) is 4.79 Å². The molecule has 4 rings (SSSR count). The fourth-order valence-corrected chi connectivity index (χ4v) is 2.65. The number of rotatable bonds is 6. The van der Waals surface area contributed by atoms with Crippen LogP contribution in [0.4, 0.5) is 0 Å². The van der Waals surface area contributed by atoms with Crippen LogP contribution in [0.3, 0.4) is 0 Å². The van der Waals surface area contributed by atoms with Crippen LogP contribution in [-0.2, 0) is 4.79 Å². The number of hydrogen-bond donors (Lipinski definition) is 0. The Morgan fingerprint density at radius 2 is 1.85 bits per heavy atom. The molecule has 0 aliphatic carbocycles. The minimum Gasteiger partial charge on any atom is -0.497 e. The van der Waals surface area contributed by atoms with Crippen LogP contribution in [0, 0.1) is 0 Å². The summed E-state index contributed by atoms with van der Waals surface area (Å²) < 4.78 is 15.9. The number of nitrogens with zero attached hydrogens (tertiary/aromatic N) is 5. The molecule has 1 fully saturated rings. The van der Waals surface area contributed by atoms with Gasteiger partial charge in [0, 0.05) is 25.5 Å². The lowest BCUT2D eigenvalue weighted by Crippen LogP contribution is -2.50. The highest BCUT2D eigenvalue weighted by Crippen LogP contribution is 2.27. The van der Waals surface area contributed by atoms with Gasteiger partial charge in [0.15, 0.2) is 6.61 Å². The second-order valence-electron chi connectivity index (χ2n) is 5.99. The number of methoxy groups -OCH3 is 1. The van der Waals surface area contributed by atoms with Crippen LogP contribution in [0.2, 0.25) is 0 Å². The molecule has 1 aromatic carbocycles. The van der Waals surface area contributed by atoms with Crippen LogP contribution in [0.5, 0.6) is 11.5 Å². The molecule has 3 heterocycles. The van der Waals surface area contributed by atoms with Crippen molar-refractivity contribution in [2.24, 2.45) is 0 Å². The Labute approximate surface area is 155 Å². The second-order valence-corrected chi connectivity index (χ2v) is 5.99. The molecule has 0 bridgehead atoms. The molecule has 0 spiro atoms. The first-order chi connectivity index (χ1) is 13.2. The van der Waals surface area contributed by atoms with Crippen LogP contribution < -0.4 is 9.47 Å². The number of benzene rings is 1. The van der Waals surface area contributed by atoms with Gasteiger partial charge in [0.2, 0.25) is 17.5 Å². The van der Waals surface area contributed by atoms with Crippen molar-refractivity contribution in [3.8, 4) is 23.1 Å². The Bertz CT molecular complexity index is 907. The SMILES string of the molecule is COc1ccc(OCC(=O)N2CC(c3nc(-c4ncccn4)no3)C2)cc1. The predicted octanol–water partition coefficient (Wildman–Crippen LogP) is 1.54. The van der Waals surface area contributed by atoms with Crippen LogP contribution in [0.25, 0.3) is 11.6 Å². The molecule has 0 atom stereocenters. The maximum Gasteiger partial charge on any atom is 0.260 e. The Morgan fingerprint density at radius 1 is 1.15 bits per heavy atom. The number of amides is 1. The number of carbonyl (C=O) groups is 1. The van der Waals surface area contributed by atoms with Crippen LogP contribution in [-0.4, -0.2) is 57.7 Å². The predicted molar refractivity (Wildman–Crippen MR) is 93.1 cm³/mol. The maximum atomic E-state index is 12.2. The summed E-state index contributed by atoms with van der Waals surface area (Å²) in [6.07, 6.45) is 3.23. The van der Waals surface area contributed by atoms with Gasteiger partial charge in [0.05, 0.1) is 13.0 Å². The molecule has 1 aliphatic heterocycles. The normalized spacial score (nSPS) is 13.9. The zero-order valence-corrected chi connectivity index (χ0v) is 14.6. The molecule has 2 aromatic heterocycles. The van der Waals surface area contributed by atoms with E-state index in [4.69, 9.17) is 14.0 Å². The van der Waals surface area contributed by atoms with Gasteiger partial charge in [-0.1, -0.05) is 5.16 Å². The van der Waals surface area contributed by atoms with Crippen molar-refractivity contribution in [1.82, 2.24) is 25.0 Å². The number of ether oxygens (including phenoxy) is 2. The first-order valence-electron chi connectivity index (χ1n) is 8.38. The van der Waals surface area contributed by atoms with Crippen molar-refractivity contribution in [2.45, 2.75) is 5.92 Å². The van der Waals surface area contributed by atoms with Crippen molar-refractivity contribution in [3.63, 3.8) is 0 Å². The van der Waals surface area contributed by atoms with Crippen LogP contribution in [0.1, 0.15) is 11.8 Å². The number of carbonyl (C=O) groups excluding carboxylic acids is 1. The van der Waals surface area contributed by atoms with E-state index in [-0.39, 0.29) is 18.4 Å². The summed E-state index contributed by atoms with van der Waals surface area (Å²) in [4.78, 5) is 26.4. The van der Waals surface area contributed by atoms with Crippen molar-refractivity contribution in [3.05, 3.63) is 48.6 Å². The minimum atomic E-state index is -0.0896. The molecule has 1 saturated heterocycles. The smallest absolute Gasteiger partial charge is 0.260 e. The highest BCUT2D eigenvalue weighted by atomic mass is 16.5. The standard InChI is InChI=1S/C18H17N5O4/c1-25-13-3-5-14(6-4-13)26-11-15(24)23-9-12(10-23)18-21-17(22-27-18)16-19-7-2-8-20-16/h2-8,12H,9-11H2,1H3. The van der Waals surface area contributed by atoms with Crippen LogP contribution >= 0.6 is 0 Å². The molecule has 3 aromatic rings. The van der Waals surface area contributed by atoms with E-state index in [1.165, 1.54) is 0 Å². The monoisotopic (exact) mass is 367 g/mol. The zero-order valence-electron chi connectivity index (χ0n) is 14.6. The first kappa shape index (κ1) is 17.0. The van der Waals surface area contributed by atoms with E-state index < -0.39 is 0 Å². The molecule has 27 heavy (non-hydrogen) atoms. The summed E-state index contributed by atoms with van der Waals surface area (Å²) in [5.74, 6) is 2.52. The van der Waals surface area contributed by atoms with E-state index in [0.29, 0.717) is 36.4 Å². The molecule has 0 saturated carbocycles. The van der Waals surface area contributed by atoms with Gasteiger partial charge in [-0.05, 0) is 30.3 Å². The van der Waals surface area contributed by atoms with Gasteiger partial charge < -0.3 is 18.9 Å². The van der Waals surface area contributed by atoms with Crippen molar-refractivity contribution >= 4 is 5.91 Å². The van der Waals surface area contributed by atoms with Gasteiger partial charge in [-0.25, -0.2) is 9.97 Å². The van der Waals surface area contributed by atoms with E-state index in [9.17, 15) is 4.79 Å². The molecular weight excluding hydrogens is 350 g/mol. The summed E-state index contributed by atoms with van der Waals surface area (Å²) in [6.45, 7) is 1.01. The minimum absolute atomic E-state index is 0.0138. The largest absolute Gasteiger partial charge is 0.497 e. The molecule has 0 N–H and O–H groups in total. The highest BCUT2D eigenvalue weighted by molar-refractivity contribution is 5.78. The summed E-state index contributed by atoms with van der Waals surface area (Å²) in [5, 5.41) is 3.90.